The van der Waals surface area contributed by atoms with E-state index in [1.807, 2.05) is 0 Å². The Balaban J connectivity index is 0.000000272. The second-order valence-electron chi connectivity index (χ2n) is 16.3. The fourth-order valence-electron chi connectivity index (χ4n) is 6.47. The van der Waals surface area contributed by atoms with Gasteiger partial charge in [-0.05, 0) is 35.4 Å². The Morgan fingerprint density at radius 1 is 0.688 bits per heavy atom. The summed E-state index contributed by atoms with van der Waals surface area (Å²) in [6, 6.07) is 32.7. The summed E-state index contributed by atoms with van der Waals surface area (Å²) in [7, 11) is 0. The molecule has 0 bridgehead atoms. The monoisotopic (exact) mass is 754 g/mol. The van der Waals surface area contributed by atoms with Crippen molar-refractivity contribution in [1.29, 1.82) is 0 Å². The topological polar surface area (TPSA) is 0 Å². The minimum absolute atomic E-state index is 0. The van der Waals surface area contributed by atoms with Gasteiger partial charge in [0.1, 0.15) is 0 Å². The summed E-state index contributed by atoms with van der Waals surface area (Å²) < 4.78 is 1.46. The van der Waals surface area contributed by atoms with Crippen molar-refractivity contribution in [3.05, 3.63) is 135 Å². The summed E-state index contributed by atoms with van der Waals surface area (Å²) in [5.74, 6) is 0. The molecule has 5 aromatic rings. The predicted octanol–water partition coefficient (Wildman–Crippen LogP) is 6.22. The van der Waals surface area contributed by atoms with Crippen LogP contribution in [-0.4, -0.2) is 3.21 Å². The van der Waals surface area contributed by atoms with Crippen molar-refractivity contribution in [2.45, 2.75) is 113 Å². The molecule has 1 aliphatic carbocycles. The molecular weight excluding hydrogens is 703 g/mol. The molecule has 0 heterocycles. The van der Waals surface area contributed by atoms with Gasteiger partial charge in [-0.1, -0.05) is 105 Å². The van der Waals surface area contributed by atoms with Gasteiger partial charge in [-0.15, -0.1) is 16.7 Å². The molecule has 0 unspecified atom stereocenters. The smallest absolute Gasteiger partial charge is 0.0129 e. The van der Waals surface area contributed by atoms with E-state index in [-0.39, 0.29) is 35.6 Å². The molecule has 0 fully saturated rings. The maximum absolute atomic E-state index is 3.69. The van der Waals surface area contributed by atoms with Crippen LogP contribution in [0.5, 0.6) is 0 Å². The molecule has 48 heavy (non-hydrogen) atoms. The first-order valence-electron chi connectivity index (χ1n) is 16.7. The summed E-state index contributed by atoms with van der Waals surface area (Å²) in [5.41, 5.74) is 16.1. The van der Waals surface area contributed by atoms with Gasteiger partial charge >= 0.3 is 93.2 Å². The third kappa shape index (κ3) is 10.2. The molecule has 0 N–H and O–H groups in total. The van der Waals surface area contributed by atoms with Crippen LogP contribution in [0.1, 0.15) is 119 Å². The van der Waals surface area contributed by atoms with Crippen LogP contribution in [0.15, 0.2) is 78.9 Å². The van der Waals surface area contributed by atoms with Crippen LogP contribution < -0.4 is 24.8 Å². The van der Waals surface area contributed by atoms with E-state index in [2.05, 4.69) is 175 Å². The van der Waals surface area contributed by atoms with Crippen LogP contribution in [-0.2, 0) is 46.9 Å². The van der Waals surface area contributed by atoms with E-state index in [1.165, 1.54) is 99.4 Å². The molecular formula is C45H54Cl2Zr-2. The van der Waals surface area contributed by atoms with Gasteiger partial charge in [-0.25, -0.2) is 6.07 Å². The minimum atomic E-state index is 0. The number of halogens is 2. The Morgan fingerprint density at radius 2 is 1.27 bits per heavy atom. The number of fused-ring (bicyclic) bond motifs is 4. The van der Waals surface area contributed by atoms with Gasteiger partial charge in [-0.2, -0.15) is 41.0 Å². The summed E-state index contributed by atoms with van der Waals surface area (Å²) in [6.07, 6.45) is 1.03. The summed E-state index contributed by atoms with van der Waals surface area (Å²) in [4.78, 5) is 0. The average Bonchev–Trinajstić information content (AvgIpc) is 3.54. The van der Waals surface area contributed by atoms with E-state index in [9.17, 15) is 0 Å². The maximum atomic E-state index is 3.69. The second kappa shape index (κ2) is 16.2. The first kappa shape index (κ1) is 42.0. The fourth-order valence-corrected chi connectivity index (χ4v) is 6.86. The second-order valence-corrected chi connectivity index (χ2v) is 18.2. The first-order valence-corrected chi connectivity index (χ1v) is 18.0. The van der Waals surface area contributed by atoms with Crippen LogP contribution in [0.4, 0.5) is 0 Å². The van der Waals surface area contributed by atoms with Crippen molar-refractivity contribution in [2.24, 2.45) is 0 Å². The standard InChI is InChI=1S/C23H29.C12H10.C10H15.2ClH.Zr/c1-14-9-16-11-17-10-15(2)21(23(6,7)8)13-19(17)18(16)12-20(14)22(3,4)5;1-2-10-7-8-11-5-3-4-6-12(11)9-10;1-8-5-6-9(7-8)10(2,3)4;;;/h9,12-13H,11H2,1-8H3;3-9H,1H3;5-7H,1-4H3;2*1H;/q-1;;-1;;;+2/p-2. The van der Waals surface area contributed by atoms with Crippen molar-refractivity contribution in [1.82, 2.24) is 0 Å². The van der Waals surface area contributed by atoms with E-state index in [1.54, 1.807) is 0 Å². The zero-order valence-electron chi connectivity index (χ0n) is 31.5. The SMILES string of the molecule is C[C](=[Zr+2])c1ccc2ccccc2c1.Cc1[c-]c2c(cc1C(C)(C)C)-c1cc(C(C)(C)C)c(C)cc1C2.Cc1cc(C(C)(C)C)c[cH-]1.[Cl-].[Cl-]. The third-order valence-electron chi connectivity index (χ3n) is 9.04. The van der Waals surface area contributed by atoms with Gasteiger partial charge in [0.2, 0.25) is 0 Å². The molecule has 0 radical (unpaired) electrons. The van der Waals surface area contributed by atoms with Crippen molar-refractivity contribution < 1.29 is 49.0 Å². The van der Waals surface area contributed by atoms with Crippen LogP contribution in [0.2, 0.25) is 0 Å². The van der Waals surface area contributed by atoms with Gasteiger partial charge in [0.15, 0.2) is 0 Å². The molecule has 1 aliphatic rings. The molecule has 6 rings (SSSR count). The Bertz CT molecular complexity index is 1800. The fraction of sp³-hybridized carbons (Fsp3) is 0.378. The summed E-state index contributed by atoms with van der Waals surface area (Å²) >= 11 is 1.50. The van der Waals surface area contributed by atoms with Gasteiger partial charge in [0, 0.05) is 0 Å². The normalized spacial score (nSPS) is 12.0. The van der Waals surface area contributed by atoms with Gasteiger partial charge < -0.3 is 24.8 Å². The van der Waals surface area contributed by atoms with Crippen LogP contribution >= 0.6 is 0 Å². The van der Waals surface area contributed by atoms with Crippen molar-refractivity contribution in [3.63, 3.8) is 0 Å². The van der Waals surface area contributed by atoms with E-state index < -0.39 is 0 Å². The molecule has 0 amide bonds. The third-order valence-corrected chi connectivity index (χ3v) is 9.75. The minimum Gasteiger partial charge on any atom is -1.00 e. The quantitative estimate of drug-likeness (QED) is 0.175. The van der Waals surface area contributed by atoms with Crippen molar-refractivity contribution in [3.8, 4) is 11.1 Å². The molecule has 254 valence electrons. The predicted molar refractivity (Wildman–Crippen MR) is 200 cm³/mol. The van der Waals surface area contributed by atoms with E-state index in [0.29, 0.717) is 5.41 Å². The number of rotatable bonds is 1. The van der Waals surface area contributed by atoms with E-state index in [0.717, 1.165) is 6.42 Å². The molecule has 3 heteroatoms. The molecule has 0 saturated carbocycles. The molecule has 0 aromatic heterocycles. The Morgan fingerprint density at radius 3 is 1.77 bits per heavy atom. The van der Waals surface area contributed by atoms with Crippen molar-refractivity contribution >= 4 is 14.0 Å². The summed E-state index contributed by atoms with van der Waals surface area (Å²) in [6.45, 7) is 29.3. The van der Waals surface area contributed by atoms with Crippen LogP contribution in [0.25, 0.3) is 21.9 Å². The zero-order valence-corrected chi connectivity index (χ0v) is 35.4. The molecule has 0 spiro atoms. The first-order chi connectivity index (χ1) is 21.3. The molecule has 0 saturated heterocycles. The number of hydrogen-bond acceptors (Lipinski definition) is 0. The number of aryl methyl sites for hydroxylation is 3. The molecule has 5 aromatic carbocycles. The Kier molecular flexibility index (Phi) is 14.2. The maximum Gasteiger partial charge on any atom is -0.0129 e. The zero-order chi connectivity index (χ0) is 34.2. The Hall–Kier alpha value is -2.18. The Labute approximate surface area is 319 Å². The van der Waals surface area contributed by atoms with Gasteiger partial charge in [0.05, 0.1) is 0 Å². The largest absolute Gasteiger partial charge is 1.00 e. The van der Waals surface area contributed by atoms with Crippen molar-refractivity contribution in [2.75, 3.05) is 0 Å². The summed E-state index contributed by atoms with van der Waals surface area (Å²) in [5, 5.41) is 2.66. The number of hydrogen-bond donors (Lipinski definition) is 0. The number of benzene rings is 4. The molecule has 0 atom stereocenters. The van der Waals surface area contributed by atoms with Crippen LogP contribution in [0.3, 0.4) is 0 Å². The molecule has 0 aliphatic heterocycles. The molecule has 0 nitrogen and oxygen atoms in total. The van der Waals surface area contributed by atoms with Crippen LogP contribution in [0, 0.1) is 26.8 Å². The van der Waals surface area contributed by atoms with Gasteiger partial charge in [0.25, 0.3) is 0 Å². The van der Waals surface area contributed by atoms with E-state index in [4.69, 9.17) is 0 Å². The average molecular weight is 757 g/mol. The van der Waals surface area contributed by atoms with Gasteiger partial charge in [-0.3, -0.25) is 0 Å². The van der Waals surface area contributed by atoms with E-state index >= 15 is 0 Å².